The second-order valence-electron chi connectivity index (χ2n) is 8.37. The Balaban J connectivity index is 1.27. The molecule has 4 aromatic rings. The molecular formula is C24H25FN6O2. The average molecular weight is 449 g/mol. The van der Waals surface area contributed by atoms with Crippen molar-refractivity contribution < 1.29 is 9.18 Å². The number of amides is 1. The van der Waals surface area contributed by atoms with Crippen molar-refractivity contribution in [3.63, 3.8) is 0 Å². The molecule has 1 saturated heterocycles. The van der Waals surface area contributed by atoms with Gasteiger partial charge in [-0.05, 0) is 75.6 Å². The summed E-state index contributed by atoms with van der Waals surface area (Å²) in [6.07, 6.45) is 4.60. The summed E-state index contributed by atoms with van der Waals surface area (Å²) >= 11 is 0. The molecule has 2 N–H and O–H groups in total. The first-order valence-electron chi connectivity index (χ1n) is 11.3. The molecule has 0 saturated carbocycles. The Morgan fingerprint density at radius 2 is 1.79 bits per heavy atom. The van der Waals surface area contributed by atoms with E-state index in [1.165, 1.54) is 36.7 Å². The van der Waals surface area contributed by atoms with Crippen molar-refractivity contribution in [2.45, 2.75) is 25.7 Å². The third kappa shape index (κ3) is 4.23. The van der Waals surface area contributed by atoms with Crippen LogP contribution in [0.25, 0.3) is 27.6 Å². The van der Waals surface area contributed by atoms with Gasteiger partial charge in [0.2, 0.25) is 0 Å². The van der Waals surface area contributed by atoms with Crippen LogP contribution in [0.2, 0.25) is 0 Å². The summed E-state index contributed by atoms with van der Waals surface area (Å²) in [5.74, 6) is -0.638. The van der Waals surface area contributed by atoms with E-state index in [0.29, 0.717) is 28.7 Å². The minimum Gasteiger partial charge on any atom is -0.352 e. The lowest BCUT2D eigenvalue weighted by molar-refractivity contribution is 0.0952. The second-order valence-corrected chi connectivity index (χ2v) is 8.37. The van der Waals surface area contributed by atoms with Gasteiger partial charge in [-0.25, -0.2) is 9.07 Å². The van der Waals surface area contributed by atoms with Crippen molar-refractivity contribution in [1.82, 2.24) is 30.2 Å². The Bertz CT molecular complexity index is 1360. The van der Waals surface area contributed by atoms with Crippen molar-refractivity contribution in [2.24, 2.45) is 0 Å². The second kappa shape index (κ2) is 9.11. The lowest BCUT2D eigenvalue weighted by Crippen LogP contribution is -2.26. The number of benzene rings is 2. The molecule has 1 amide bonds. The largest absolute Gasteiger partial charge is 0.352 e. The van der Waals surface area contributed by atoms with Gasteiger partial charge in [0.25, 0.3) is 11.5 Å². The maximum Gasteiger partial charge on any atom is 0.299 e. The predicted octanol–water partition coefficient (Wildman–Crippen LogP) is 3.01. The molecule has 8 nitrogen and oxygen atoms in total. The number of H-pyrrole nitrogens is 1. The molecule has 1 aliphatic rings. The number of hydrogen-bond acceptors (Lipinski definition) is 5. The number of hydrogen-bond donors (Lipinski definition) is 2. The molecule has 2 aromatic carbocycles. The maximum absolute atomic E-state index is 14.0. The fourth-order valence-corrected chi connectivity index (χ4v) is 4.34. The number of rotatable bonds is 7. The minimum atomic E-state index is -0.498. The van der Waals surface area contributed by atoms with E-state index in [4.69, 9.17) is 0 Å². The Kier molecular flexibility index (Phi) is 5.87. The van der Waals surface area contributed by atoms with Gasteiger partial charge in [-0.1, -0.05) is 12.1 Å². The molecular weight excluding hydrogens is 423 g/mol. The Morgan fingerprint density at radius 3 is 2.58 bits per heavy atom. The lowest BCUT2D eigenvalue weighted by atomic mass is 10.2. The fourth-order valence-electron chi connectivity index (χ4n) is 4.34. The average Bonchev–Trinajstić information content (AvgIpc) is 3.47. The number of halogens is 1. The van der Waals surface area contributed by atoms with E-state index in [0.717, 1.165) is 19.4 Å². The first kappa shape index (κ1) is 21.3. The highest BCUT2D eigenvalue weighted by Crippen LogP contribution is 2.21. The Hall–Kier alpha value is -3.59. The summed E-state index contributed by atoms with van der Waals surface area (Å²) in [4.78, 5) is 27.7. The smallest absolute Gasteiger partial charge is 0.299 e. The number of aromatic nitrogens is 4. The van der Waals surface area contributed by atoms with Crippen molar-refractivity contribution in [3.8, 4) is 5.69 Å². The summed E-state index contributed by atoms with van der Waals surface area (Å²) in [7, 11) is 0. The molecule has 170 valence electrons. The first-order chi connectivity index (χ1) is 16.1. The van der Waals surface area contributed by atoms with E-state index in [2.05, 4.69) is 25.5 Å². The SMILES string of the molecule is O=C(NCCCCN1CCCC1)c1ccc(-n2[nH]c3c(nnc4c(F)cccc43)c2=O)cc1. The molecule has 0 aliphatic carbocycles. The van der Waals surface area contributed by atoms with E-state index in [1.807, 2.05) is 0 Å². The highest BCUT2D eigenvalue weighted by Gasteiger charge is 2.16. The molecule has 0 atom stereocenters. The van der Waals surface area contributed by atoms with Gasteiger partial charge in [0.1, 0.15) is 5.52 Å². The van der Waals surface area contributed by atoms with Crippen LogP contribution in [0.5, 0.6) is 0 Å². The molecule has 1 fully saturated rings. The fraction of sp³-hybridized carbons (Fsp3) is 0.333. The van der Waals surface area contributed by atoms with Gasteiger partial charge >= 0.3 is 0 Å². The van der Waals surface area contributed by atoms with Crippen LogP contribution < -0.4 is 10.9 Å². The Labute approximate surface area is 189 Å². The highest BCUT2D eigenvalue weighted by atomic mass is 19.1. The van der Waals surface area contributed by atoms with Crippen LogP contribution in [0.15, 0.2) is 47.3 Å². The lowest BCUT2D eigenvalue weighted by Gasteiger charge is -2.14. The number of nitrogens with one attached hydrogen (secondary N) is 2. The molecule has 9 heteroatoms. The molecule has 0 radical (unpaired) electrons. The molecule has 0 bridgehead atoms. The number of likely N-dealkylation sites (tertiary alicyclic amines) is 1. The van der Waals surface area contributed by atoms with Crippen LogP contribution in [-0.2, 0) is 0 Å². The number of unbranched alkanes of at least 4 members (excludes halogenated alkanes) is 1. The number of aromatic amines is 1. The number of carbonyl (C=O) groups excluding carboxylic acids is 1. The van der Waals surface area contributed by atoms with Crippen LogP contribution in [-0.4, -0.2) is 57.0 Å². The van der Waals surface area contributed by atoms with Gasteiger partial charge in [-0.15, -0.1) is 10.2 Å². The first-order valence-corrected chi connectivity index (χ1v) is 11.3. The van der Waals surface area contributed by atoms with E-state index >= 15 is 0 Å². The predicted molar refractivity (Wildman–Crippen MR) is 124 cm³/mol. The van der Waals surface area contributed by atoms with E-state index < -0.39 is 5.82 Å². The quantitative estimate of drug-likeness (QED) is 0.424. The molecule has 3 heterocycles. The molecule has 33 heavy (non-hydrogen) atoms. The highest BCUT2D eigenvalue weighted by molar-refractivity contribution is 6.01. The minimum absolute atomic E-state index is 0.103. The van der Waals surface area contributed by atoms with Gasteiger partial charge < -0.3 is 10.2 Å². The summed E-state index contributed by atoms with van der Waals surface area (Å²) in [6.45, 7) is 4.12. The van der Waals surface area contributed by atoms with Crippen LogP contribution in [0.1, 0.15) is 36.0 Å². The zero-order chi connectivity index (χ0) is 22.8. The van der Waals surface area contributed by atoms with Crippen molar-refractivity contribution in [1.29, 1.82) is 0 Å². The van der Waals surface area contributed by atoms with Crippen LogP contribution in [0.3, 0.4) is 0 Å². The Morgan fingerprint density at radius 1 is 1.03 bits per heavy atom. The monoisotopic (exact) mass is 448 g/mol. The molecule has 0 unspecified atom stereocenters. The number of fused-ring (bicyclic) bond motifs is 3. The van der Waals surface area contributed by atoms with E-state index in [1.54, 1.807) is 36.4 Å². The summed E-state index contributed by atoms with van der Waals surface area (Å²) in [6, 6.07) is 11.3. The third-order valence-electron chi connectivity index (χ3n) is 6.15. The van der Waals surface area contributed by atoms with Gasteiger partial charge in [0.05, 0.1) is 11.2 Å². The van der Waals surface area contributed by atoms with Gasteiger partial charge in [-0.3, -0.25) is 14.7 Å². The van der Waals surface area contributed by atoms with Gasteiger partial charge in [0, 0.05) is 17.5 Å². The summed E-state index contributed by atoms with van der Waals surface area (Å²) < 4.78 is 15.3. The van der Waals surface area contributed by atoms with Crippen LogP contribution in [0, 0.1) is 5.82 Å². The maximum atomic E-state index is 14.0. The third-order valence-corrected chi connectivity index (χ3v) is 6.15. The van der Waals surface area contributed by atoms with Gasteiger partial charge in [0.15, 0.2) is 11.3 Å². The molecule has 2 aromatic heterocycles. The zero-order valence-corrected chi connectivity index (χ0v) is 18.2. The summed E-state index contributed by atoms with van der Waals surface area (Å²) in [5, 5.41) is 14.2. The molecule has 0 spiro atoms. The molecule has 5 rings (SSSR count). The number of nitrogens with zero attached hydrogens (tertiary/aromatic N) is 4. The topological polar surface area (TPSA) is 95.9 Å². The summed E-state index contributed by atoms with van der Waals surface area (Å²) in [5.41, 5.74) is 1.33. The van der Waals surface area contributed by atoms with Crippen LogP contribution >= 0.6 is 0 Å². The molecule has 1 aliphatic heterocycles. The normalized spacial score (nSPS) is 14.3. The van der Waals surface area contributed by atoms with Crippen molar-refractivity contribution in [2.75, 3.05) is 26.2 Å². The van der Waals surface area contributed by atoms with Crippen molar-refractivity contribution in [3.05, 3.63) is 64.2 Å². The number of carbonyl (C=O) groups is 1. The zero-order valence-electron chi connectivity index (χ0n) is 18.2. The van der Waals surface area contributed by atoms with Crippen LogP contribution in [0.4, 0.5) is 4.39 Å². The van der Waals surface area contributed by atoms with E-state index in [-0.39, 0.29) is 22.5 Å². The van der Waals surface area contributed by atoms with Crippen molar-refractivity contribution >= 4 is 27.8 Å². The van der Waals surface area contributed by atoms with Gasteiger partial charge in [-0.2, -0.15) is 0 Å². The van der Waals surface area contributed by atoms with E-state index in [9.17, 15) is 14.0 Å². The standard InChI is InChI=1S/C24H25FN6O2/c25-19-7-5-6-18-20(19)27-28-22-21(18)29-31(24(22)33)17-10-8-16(9-11-17)23(32)26-12-1-2-13-30-14-3-4-15-30/h5-11,29H,1-4,12-15H2,(H,26,32).